The Morgan fingerprint density at radius 2 is 1.52 bits per heavy atom. The molecule has 0 spiro atoms. The Labute approximate surface area is 185 Å². The molecule has 9 nitrogen and oxygen atoms in total. The van der Waals surface area contributed by atoms with Gasteiger partial charge in [-0.3, -0.25) is 19.2 Å². The molecular weight excluding hydrogens is 400 g/mol. The maximum absolute atomic E-state index is 12.2. The Morgan fingerprint density at radius 3 is 2.06 bits per heavy atom. The van der Waals surface area contributed by atoms with Gasteiger partial charge < -0.3 is 25.5 Å². The van der Waals surface area contributed by atoms with Crippen molar-refractivity contribution >= 4 is 23.6 Å². The van der Waals surface area contributed by atoms with Crippen LogP contribution in [-0.4, -0.2) is 79.6 Å². The number of carbonyl (C=O) groups excluding carboxylic acids is 3. The molecular formula is C22H39N4O5+. The van der Waals surface area contributed by atoms with E-state index < -0.39 is 5.97 Å². The maximum Gasteiger partial charge on any atom is 0.303 e. The standard InChI is InChI=1S/C22H38N4O5/c1-16(2)21(30)24-13-7-12-23-14-10-19(25-22(31)17(3)4)26(5,6)15-11-18(27)8-9-20(28)29/h19,23H,1,3,7-15H2,2,4-6H3,(H2-,24,25,28,29,30,31)/p+1. The molecule has 176 valence electrons. The number of carboxylic acids is 1. The highest BCUT2D eigenvalue weighted by Gasteiger charge is 2.30. The fraction of sp³-hybridized carbons (Fsp3) is 0.636. The van der Waals surface area contributed by atoms with Gasteiger partial charge in [0.1, 0.15) is 5.78 Å². The molecule has 0 aliphatic rings. The molecule has 31 heavy (non-hydrogen) atoms. The van der Waals surface area contributed by atoms with Crippen molar-refractivity contribution in [1.29, 1.82) is 0 Å². The third-order valence-corrected chi connectivity index (χ3v) is 4.91. The Hall–Kier alpha value is -2.52. The number of amides is 2. The molecule has 0 aromatic rings. The molecule has 0 aromatic heterocycles. The molecule has 0 saturated carbocycles. The summed E-state index contributed by atoms with van der Waals surface area (Å²) < 4.78 is 0.383. The van der Waals surface area contributed by atoms with Crippen LogP contribution in [-0.2, 0) is 19.2 Å². The fourth-order valence-electron chi connectivity index (χ4n) is 2.74. The normalized spacial score (nSPS) is 12.0. The summed E-state index contributed by atoms with van der Waals surface area (Å²) in [5, 5.41) is 17.8. The Kier molecular flexibility index (Phi) is 13.3. The second-order valence-corrected chi connectivity index (χ2v) is 8.38. The molecule has 0 saturated heterocycles. The van der Waals surface area contributed by atoms with Crippen molar-refractivity contribution in [2.75, 3.05) is 40.3 Å². The van der Waals surface area contributed by atoms with Gasteiger partial charge in [-0.25, -0.2) is 0 Å². The lowest BCUT2D eigenvalue weighted by Gasteiger charge is -2.38. The van der Waals surface area contributed by atoms with Gasteiger partial charge in [0.15, 0.2) is 6.17 Å². The maximum atomic E-state index is 12.2. The monoisotopic (exact) mass is 439 g/mol. The minimum absolute atomic E-state index is 0.0155. The van der Waals surface area contributed by atoms with E-state index in [9.17, 15) is 19.2 Å². The lowest BCUT2D eigenvalue weighted by atomic mass is 10.1. The van der Waals surface area contributed by atoms with Crippen molar-refractivity contribution in [3.8, 4) is 0 Å². The van der Waals surface area contributed by atoms with E-state index >= 15 is 0 Å². The van der Waals surface area contributed by atoms with Crippen molar-refractivity contribution in [2.24, 2.45) is 0 Å². The highest BCUT2D eigenvalue weighted by atomic mass is 16.4. The van der Waals surface area contributed by atoms with Gasteiger partial charge in [-0.2, -0.15) is 0 Å². The lowest BCUT2D eigenvalue weighted by Crippen LogP contribution is -2.59. The first kappa shape index (κ1) is 28.5. The molecule has 0 fully saturated rings. The van der Waals surface area contributed by atoms with Crippen LogP contribution in [0.2, 0.25) is 0 Å². The summed E-state index contributed by atoms with van der Waals surface area (Å²) in [4.78, 5) is 46.2. The number of carboxylic acid groups (broad SMARTS) is 1. The van der Waals surface area contributed by atoms with Crippen LogP contribution in [0.15, 0.2) is 24.3 Å². The van der Waals surface area contributed by atoms with Crippen molar-refractivity contribution < 1.29 is 28.8 Å². The summed E-state index contributed by atoms with van der Waals surface area (Å²) in [6.07, 6.45) is 1.24. The smallest absolute Gasteiger partial charge is 0.303 e. The third-order valence-electron chi connectivity index (χ3n) is 4.91. The number of carbonyl (C=O) groups is 4. The first-order chi connectivity index (χ1) is 14.4. The van der Waals surface area contributed by atoms with Crippen LogP contribution in [0.1, 0.15) is 46.0 Å². The number of aliphatic carboxylic acids is 1. The zero-order chi connectivity index (χ0) is 24.0. The summed E-state index contributed by atoms with van der Waals surface area (Å²) in [6, 6.07) is 0. The van der Waals surface area contributed by atoms with Gasteiger partial charge >= 0.3 is 5.97 Å². The van der Waals surface area contributed by atoms with Crippen LogP contribution >= 0.6 is 0 Å². The molecule has 1 atom stereocenters. The Bertz CT molecular complexity index is 673. The summed E-state index contributed by atoms with van der Waals surface area (Å²) in [5.74, 6) is -1.48. The van der Waals surface area contributed by atoms with Gasteiger partial charge in [-0.15, -0.1) is 0 Å². The highest BCUT2D eigenvalue weighted by molar-refractivity contribution is 5.92. The number of Topliss-reactive ketones (excluding diaryl/α,β-unsaturated/α-hetero) is 1. The van der Waals surface area contributed by atoms with E-state index in [1.54, 1.807) is 13.8 Å². The van der Waals surface area contributed by atoms with E-state index in [0.29, 0.717) is 48.2 Å². The molecule has 0 aliphatic heterocycles. The topological polar surface area (TPSA) is 125 Å². The van der Waals surface area contributed by atoms with E-state index in [2.05, 4.69) is 29.1 Å². The average Bonchev–Trinajstić information content (AvgIpc) is 2.68. The predicted molar refractivity (Wildman–Crippen MR) is 120 cm³/mol. The van der Waals surface area contributed by atoms with E-state index in [1.165, 1.54) is 0 Å². The number of ketones is 1. The predicted octanol–water partition coefficient (Wildman–Crippen LogP) is 0.967. The van der Waals surface area contributed by atoms with Gasteiger partial charge in [0, 0.05) is 37.1 Å². The van der Waals surface area contributed by atoms with Crippen molar-refractivity contribution in [1.82, 2.24) is 16.0 Å². The highest BCUT2D eigenvalue weighted by Crippen LogP contribution is 2.11. The molecule has 0 rings (SSSR count). The van der Waals surface area contributed by atoms with Crippen LogP contribution in [0.3, 0.4) is 0 Å². The fourth-order valence-corrected chi connectivity index (χ4v) is 2.74. The molecule has 0 heterocycles. The summed E-state index contributed by atoms with van der Waals surface area (Å²) in [7, 11) is 3.86. The first-order valence-electron chi connectivity index (χ1n) is 10.5. The van der Waals surface area contributed by atoms with E-state index in [0.717, 1.165) is 6.42 Å². The minimum Gasteiger partial charge on any atom is -0.481 e. The van der Waals surface area contributed by atoms with Gasteiger partial charge in [0.05, 0.1) is 33.5 Å². The number of hydrogen-bond donors (Lipinski definition) is 4. The SMILES string of the molecule is C=C(C)C(=O)NCCCNCCC(NC(=O)C(=C)C)[N+](C)(C)CCC(=O)CCC(=O)O. The molecule has 9 heteroatoms. The molecule has 4 N–H and O–H groups in total. The van der Waals surface area contributed by atoms with E-state index in [-0.39, 0.29) is 43.0 Å². The molecule has 0 aliphatic carbocycles. The van der Waals surface area contributed by atoms with Crippen molar-refractivity contribution in [2.45, 2.75) is 52.1 Å². The van der Waals surface area contributed by atoms with Crippen molar-refractivity contribution in [3.05, 3.63) is 24.3 Å². The second kappa shape index (κ2) is 14.5. The number of hydrogen-bond acceptors (Lipinski definition) is 5. The molecule has 2 amide bonds. The second-order valence-electron chi connectivity index (χ2n) is 8.38. The molecule has 0 bridgehead atoms. The van der Waals surface area contributed by atoms with Crippen molar-refractivity contribution in [3.63, 3.8) is 0 Å². The molecule has 0 aromatic carbocycles. The summed E-state index contributed by atoms with van der Waals surface area (Å²) >= 11 is 0. The number of nitrogens with one attached hydrogen (secondary N) is 3. The lowest BCUT2D eigenvalue weighted by molar-refractivity contribution is -0.917. The zero-order valence-corrected chi connectivity index (χ0v) is 19.4. The van der Waals surface area contributed by atoms with Gasteiger partial charge in [-0.1, -0.05) is 13.2 Å². The van der Waals surface area contributed by atoms with Crippen LogP contribution in [0, 0.1) is 0 Å². The Morgan fingerprint density at radius 1 is 0.903 bits per heavy atom. The van der Waals surface area contributed by atoms with Crippen LogP contribution in [0.25, 0.3) is 0 Å². The quantitative estimate of drug-likeness (QED) is 0.116. The van der Waals surface area contributed by atoms with Gasteiger partial charge in [0.2, 0.25) is 5.91 Å². The molecule has 1 unspecified atom stereocenters. The van der Waals surface area contributed by atoms with E-state index in [1.807, 2.05) is 14.1 Å². The van der Waals surface area contributed by atoms with Crippen LogP contribution < -0.4 is 16.0 Å². The first-order valence-corrected chi connectivity index (χ1v) is 10.5. The van der Waals surface area contributed by atoms with Gasteiger partial charge in [-0.05, 0) is 26.8 Å². The van der Waals surface area contributed by atoms with E-state index in [4.69, 9.17) is 5.11 Å². The average molecular weight is 440 g/mol. The summed E-state index contributed by atoms with van der Waals surface area (Å²) in [5.41, 5.74) is 0.884. The zero-order valence-electron chi connectivity index (χ0n) is 19.4. The summed E-state index contributed by atoms with van der Waals surface area (Å²) in [6.45, 7) is 12.9. The molecule has 0 radical (unpaired) electrons. The minimum atomic E-state index is -0.987. The largest absolute Gasteiger partial charge is 0.481 e. The number of quaternary nitrogens is 1. The number of rotatable bonds is 17. The Balaban J connectivity index is 4.62. The number of nitrogens with zero attached hydrogens (tertiary/aromatic N) is 1. The van der Waals surface area contributed by atoms with Crippen LogP contribution in [0.4, 0.5) is 0 Å². The van der Waals surface area contributed by atoms with Gasteiger partial charge in [0.25, 0.3) is 5.91 Å². The third kappa shape index (κ3) is 13.4. The van der Waals surface area contributed by atoms with Crippen LogP contribution in [0.5, 0.6) is 0 Å².